The van der Waals surface area contributed by atoms with Crippen LogP contribution in [0.25, 0.3) is 0 Å². The molecule has 0 aromatic carbocycles. The summed E-state index contributed by atoms with van der Waals surface area (Å²) in [7, 11) is -4.94. The molecule has 0 radical (unpaired) electrons. The molecule has 1 saturated heterocycles. The summed E-state index contributed by atoms with van der Waals surface area (Å²) in [6.45, 7) is -0.197. The lowest BCUT2D eigenvalue weighted by atomic mass is 9.91. The molecule has 2 aliphatic rings. The number of hydrogen-bond acceptors (Lipinski definition) is 12. The first kappa shape index (κ1) is 26.4. The van der Waals surface area contributed by atoms with Crippen LogP contribution in [0, 0.1) is 0 Å². The van der Waals surface area contributed by atoms with Crippen molar-refractivity contribution in [2.45, 2.75) is 62.3 Å². The Kier molecular flexibility index (Phi) is 8.91. The summed E-state index contributed by atoms with van der Waals surface area (Å²) in [5.74, 6) is -2.94. The minimum absolute atomic E-state index is 0.107. The van der Waals surface area contributed by atoms with Gasteiger partial charge < -0.3 is 45.1 Å². The number of aliphatic hydroxyl groups excluding tert-OH is 4. The Morgan fingerprint density at radius 2 is 1.84 bits per heavy atom. The molecule has 2 rings (SSSR count). The molecule has 7 N–H and O–H groups in total. The van der Waals surface area contributed by atoms with E-state index in [1.165, 1.54) is 0 Å². The van der Waals surface area contributed by atoms with E-state index in [9.17, 15) is 38.4 Å². The lowest BCUT2D eigenvalue weighted by Gasteiger charge is -2.46. The number of carbonyl (C=O) groups excluding carboxylic acids is 1. The quantitative estimate of drug-likeness (QED) is 0.155. The van der Waals surface area contributed by atoms with E-state index in [1.54, 1.807) is 0 Å². The van der Waals surface area contributed by atoms with Gasteiger partial charge in [0.2, 0.25) is 18.0 Å². The predicted octanol–water partition coefficient (Wildman–Crippen LogP) is -3.75. The van der Waals surface area contributed by atoms with E-state index < -0.39 is 90.2 Å². The Balaban J connectivity index is 2.33. The van der Waals surface area contributed by atoms with E-state index in [0.717, 1.165) is 13.0 Å². The molecule has 8 atom stereocenters. The van der Waals surface area contributed by atoms with Crippen LogP contribution in [-0.2, 0) is 38.4 Å². The van der Waals surface area contributed by atoms with Crippen molar-refractivity contribution >= 4 is 22.3 Å². The highest BCUT2D eigenvalue weighted by Gasteiger charge is 2.49. The second-order valence-corrected chi connectivity index (χ2v) is 8.15. The van der Waals surface area contributed by atoms with Gasteiger partial charge in [-0.25, -0.2) is 8.98 Å². The third kappa shape index (κ3) is 6.80. The van der Waals surface area contributed by atoms with Gasteiger partial charge in [0.05, 0.1) is 18.8 Å². The van der Waals surface area contributed by atoms with Crippen LogP contribution in [0.3, 0.4) is 0 Å². The van der Waals surface area contributed by atoms with Crippen molar-refractivity contribution in [2.24, 2.45) is 0 Å². The standard InChI is InChI=1S/C16H25NO14S/c1-6(19)17-11-8(2-3-18)29-10(5-28-32(25,26)27)14(13(11)22)31-16-12(21)7(20)4-9(30-16)15(23)24/h4,7-8,10-14,16,18,20-22H,2-3,5H2,1H3,(H,17,19)(H,23,24)(H,25,26,27)/t7-,8-,10+,11-,12+,13+,14+,16+/m0/s1. The second kappa shape index (κ2) is 10.8. The summed E-state index contributed by atoms with van der Waals surface area (Å²) >= 11 is 0. The molecule has 32 heavy (non-hydrogen) atoms. The van der Waals surface area contributed by atoms with Crippen molar-refractivity contribution in [3.05, 3.63) is 11.8 Å². The minimum Gasteiger partial charge on any atom is -0.475 e. The lowest BCUT2D eigenvalue weighted by Crippen LogP contribution is -2.66. The maximum atomic E-state index is 11.6. The fourth-order valence-corrected chi connectivity index (χ4v) is 3.61. The summed E-state index contributed by atoms with van der Waals surface area (Å²) in [5.41, 5.74) is 0. The first-order valence-electron chi connectivity index (χ1n) is 9.30. The molecule has 15 nitrogen and oxygen atoms in total. The molecule has 0 saturated carbocycles. The molecule has 2 heterocycles. The number of rotatable bonds is 9. The van der Waals surface area contributed by atoms with Crippen molar-refractivity contribution in [3.8, 4) is 0 Å². The van der Waals surface area contributed by atoms with Crippen LogP contribution in [0.2, 0.25) is 0 Å². The molecule has 0 spiro atoms. The molecular formula is C16H25NO14S. The monoisotopic (exact) mass is 487 g/mol. The van der Waals surface area contributed by atoms with Crippen LogP contribution in [0.5, 0.6) is 0 Å². The van der Waals surface area contributed by atoms with Gasteiger partial charge in [0.15, 0.2) is 0 Å². The third-order valence-electron chi connectivity index (χ3n) is 4.68. The number of nitrogens with one attached hydrogen (secondary N) is 1. The number of carboxylic acid groups (broad SMARTS) is 1. The number of carboxylic acids is 1. The average molecular weight is 487 g/mol. The summed E-state index contributed by atoms with van der Waals surface area (Å²) < 4.78 is 51.2. The van der Waals surface area contributed by atoms with E-state index in [4.69, 9.17) is 23.9 Å². The zero-order valence-corrected chi connectivity index (χ0v) is 17.5. The van der Waals surface area contributed by atoms with Crippen LogP contribution in [-0.4, -0.2) is 113 Å². The molecular weight excluding hydrogens is 462 g/mol. The summed E-state index contributed by atoms with van der Waals surface area (Å²) in [4.78, 5) is 22.7. The highest BCUT2D eigenvalue weighted by molar-refractivity contribution is 7.80. The van der Waals surface area contributed by atoms with Crippen molar-refractivity contribution in [1.29, 1.82) is 0 Å². The second-order valence-electron chi connectivity index (χ2n) is 7.06. The molecule has 16 heteroatoms. The van der Waals surface area contributed by atoms with Crippen LogP contribution in [0.4, 0.5) is 0 Å². The van der Waals surface area contributed by atoms with Gasteiger partial charge in [0, 0.05) is 13.5 Å². The molecule has 0 aromatic heterocycles. The SMILES string of the molecule is CC(=O)N[C@@H]1[C@@H](O)[C@H](O[C@H]2OC(C(=O)O)=C[C@H](O)[C@H]2O)[C@@H](COS(=O)(=O)O)O[C@H]1CCO. The van der Waals surface area contributed by atoms with Gasteiger partial charge in [-0.2, -0.15) is 8.42 Å². The topological polar surface area (TPSA) is 239 Å². The van der Waals surface area contributed by atoms with Crippen molar-refractivity contribution in [2.75, 3.05) is 13.2 Å². The number of ether oxygens (including phenoxy) is 3. The Morgan fingerprint density at radius 1 is 1.19 bits per heavy atom. The van der Waals surface area contributed by atoms with Crippen LogP contribution in [0.1, 0.15) is 13.3 Å². The van der Waals surface area contributed by atoms with Crippen molar-refractivity contribution < 1.29 is 66.5 Å². The van der Waals surface area contributed by atoms with E-state index >= 15 is 0 Å². The third-order valence-corrected chi connectivity index (χ3v) is 5.12. The lowest BCUT2D eigenvalue weighted by molar-refractivity contribution is -0.283. The molecule has 1 fully saturated rings. The Hall–Kier alpha value is -1.89. The Labute approximate surface area is 182 Å². The van der Waals surface area contributed by atoms with Crippen LogP contribution < -0.4 is 5.32 Å². The number of amides is 1. The van der Waals surface area contributed by atoms with Gasteiger partial charge in [-0.3, -0.25) is 9.35 Å². The van der Waals surface area contributed by atoms with Crippen LogP contribution in [0.15, 0.2) is 11.8 Å². The summed E-state index contributed by atoms with van der Waals surface area (Å²) in [6, 6.07) is -1.19. The number of hydrogen-bond donors (Lipinski definition) is 7. The minimum atomic E-state index is -4.94. The van der Waals surface area contributed by atoms with Gasteiger partial charge in [-0.05, 0) is 12.5 Å². The van der Waals surface area contributed by atoms with Crippen molar-refractivity contribution in [3.63, 3.8) is 0 Å². The molecule has 0 aliphatic carbocycles. The van der Waals surface area contributed by atoms with E-state index in [0.29, 0.717) is 0 Å². The number of aliphatic hydroxyl groups is 4. The molecule has 0 bridgehead atoms. The zero-order valence-electron chi connectivity index (χ0n) is 16.7. The fraction of sp³-hybridized carbons (Fsp3) is 0.750. The molecule has 184 valence electrons. The number of aliphatic carboxylic acids is 1. The van der Waals surface area contributed by atoms with E-state index in [2.05, 4.69) is 9.50 Å². The fourth-order valence-electron chi connectivity index (χ4n) is 3.31. The van der Waals surface area contributed by atoms with Gasteiger partial charge in [0.25, 0.3) is 0 Å². The van der Waals surface area contributed by atoms with Gasteiger partial charge >= 0.3 is 16.4 Å². The smallest absolute Gasteiger partial charge is 0.397 e. The maximum Gasteiger partial charge on any atom is 0.397 e. The number of carbonyl (C=O) groups is 2. The van der Waals surface area contributed by atoms with Gasteiger partial charge in [0.1, 0.15) is 30.5 Å². The predicted molar refractivity (Wildman–Crippen MR) is 99.0 cm³/mol. The Bertz CT molecular complexity index is 816. The van der Waals surface area contributed by atoms with Gasteiger partial charge in [-0.1, -0.05) is 0 Å². The Morgan fingerprint density at radius 3 is 2.38 bits per heavy atom. The summed E-state index contributed by atoms with van der Waals surface area (Å²) in [5, 5.41) is 51.5. The highest BCUT2D eigenvalue weighted by atomic mass is 32.3. The first-order valence-corrected chi connectivity index (χ1v) is 10.7. The largest absolute Gasteiger partial charge is 0.475 e. The van der Waals surface area contributed by atoms with Crippen LogP contribution >= 0.6 is 0 Å². The van der Waals surface area contributed by atoms with E-state index in [-0.39, 0.29) is 6.42 Å². The molecule has 2 aliphatic heterocycles. The van der Waals surface area contributed by atoms with E-state index in [1.807, 2.05) is 0 Å². The maximum absolute atomic E-state index is 11.6. The van der Waals surface area contributed by atoms with Gasteiger partial charge in [-0.15, -0.1) is 0 Å². The van der Waals surface area contributed by atoms with Crippen molar-refractivity contribution in [1.82, 2.24) is 5.32 Å². The highest BCUT2D eigenvalue weighted by Crippen LogP contribution is 2.30. The zero-order chi connectivity index (χ0) is 24.2. The average Bonchev–Trinajstić information content (AvgIpc) is 2.67. The molecule has 1 amide bonds. The molecule has 0 unspecified atom stereocenters. The normalized spacial score (nSPS) is 35.5. The first-order chi connectivity index (χ1) is 14.8. The summed E-state index contributed by atoms with van der Waals surface area (Å²) in [6.07, 6.45) is -10.6. The molecule has 0 aromatic rings.